The zero-order valence-electron chi connectivity index (χ0n) is 12.6. The van der Waals surface area contributed by atoms with Gasteiger partial charge in [0.1, 0.15) is 5.76 Å². The first kappa shape index (κ1) is 15.1. The van der Waals surface area contributed by atoms with Crippen molar-refractivity contribution in [3.05, 3.63) is 23.2 Å². The largest absolute Gasteiger partial charge is 0.456 e. The summed E-state index contributed by atoms with van der Waals surface area (Å²) in [5.74, 6) is 1.11. The molecule has 4 nitrogen and oxygen atoms in total. The lowest BCUT2D eigenvalue weighted by atomic mass is 10.1. The van der Waals surface area contributed by atoms with Gasteiger partial charge >= 0.3 is 0 Å². The van der Waals surface area contributed by atoms with Gasteiger partial charge in [-0.2, -0.15) is 0 Å². The first-order valence-corrected chi connectivity index (χ1v) is 7.75. The third-order valence-corrected chi connectivity index (χ3v) is 3.95. The van der Waals surface area contributed by atoms with E-state index in [-0.39, 0.29) is 5.91 Å². The van der Waals surface area contributed by atoms with Crippen molar-refractivity contribution in [3.63, 3.8) is 0 Å². The molecule has 1 amide bonds. The van der Waals surface area contributed by atoms with Gasteiger partial charge in [0.05, 0.1) is 0 Å². The van der Waals surface area contributed by atoms with Crippen LogP contribution >= 0.6 is 0 Å². The van der Waals surface area contributed by atoms with E-state index >= 15 is 0 Å². The molecule has 20 heavy (non-hydrogen) atoms. The van der Waals surface area contributed by atoms with E-state index in [9.17, 15) is 4.79 Å². The van der Waals surface area contributed by atoms with Crippen LogP contribution in [0.3, 0.4) is 0 Å². The Bertz CT molecular complexity index is 432. The maximum Gasteiger partial charge on any atom is 0.287 e. The second kappa shape index (κ2) is 7.48. The van der Waals surface area contributed by atoms with Gasteiger partial charge in [-0.1, -0.05) is 25.7 Å². The fraction of sp³-hybridized carbons (Fsp3) is 0.688. The minimum absolute atomic E-state index is 0.113. The predicted molar refractivity (Wildman–Crippen MR) is 80.0 cm³/mol. The molecule has 1 aliphatic rings. The number of hydrogen-bond donors (Lipinski definition) is 2. The van der Waals surface area contributed by atoms with Gasteiger partial charge in [-0.05, 0) is 32.8 Å². The molecule has 1 heterocycles. The highest BCUT2D eigenvalue weighted by Crippen LogP contribution is 2.17. The van der Waals surface area contributed by atoms with Crippen LogP contribution in [-0.4, -0.2) is 25.0 Å². The van der Waals surface area contributed by atoms with Crippen LogP contribution in [0, 0.1) is 13.8 Å². The fourth-order valence-corrected chi connectivity index (χ4v) is 2.88. The van der Waals surface area contributed by atoms with Crippen LogP contribution in [0.1, 0.15) is 60.4 Å². The van der Waals surface area contributed by atoms with E-state index in [1.165, 1.54) is 38.5 Å². The maximum atomic E-state index is 12.0. The van der Waals surface area contributed by atoms with Gasteiger partial charge in [0, 0.05) is 24.7 Å². The van der Waals surface area contributed by atoms with Gasteiger partial charge in [-0.3, -0.25) is 4.79 Å². The molecule has 112 valence electrons. The van der Waals surface area contributed by atoms with E-state index in [1.807, 2.05) is 19.9 Å². The zero-order chi connectivity index (χ0) is 14.4. The van der Waals surface area contributed by atoms with Gasteiger partial charge in [-0.25, -0.2) is 0 Å². The Morgan fingerprint density at radius 2 is 1.90 bits per heavy atom. The number of nitrogens with one attached hydrogen (secondary N) is 2. The van der Waals surface area contributed by atoms with E-state index in [4.69, 9.17) is 4.42 Å². The molecule has 0 radical (unpaired) electrons. The molecular weight excluding hydrogens is 252 g/mol. The molecule has 0 unspecified atom stereocenters. The zero-order valence-corrected chi connectivity index (χ0v) is 12.6. The number of carbonyl (C=O) groups is 1. The highest BCUT2D eigenvalue weighted by Gasteiger charge is 2.14. The average molecular weight is 278 g/mol. The van der Waals surface area contributed by atoms with Crippen LogP contribution in [0.4, 0.5) is 0 Å². The standard InChI is InChI=1S/C16H26N2O2/c1-12-11-13(2)20-15(12)16(19)18-10-9-17-14-7-5-3-4-6-8-14/h11,14,17H,3-10H2,1-2H3,(H,18,19). The SMILES string of the molecule is Cc1cc(C)c(C(=O)NCCNC2CCCCCC2)o1. The van der Waals surface area contributed by atoms with Gasteiger partial charge in [0.2, 0.25) is 0 Å². The fourth-order valence-electron chi connectivity index (χ4n) is 2.88. The molecule has 4 heteroatoms. The summed E-state index contributed by atoms with van der Waals surface area (Å²) in [6.45, 7) is 5.23. The summed E-state index contributed by atoms with van der Waals surface area (Å²) in [7, 11) is 0. The number of rotatable bonds is 5. The molecule has 0 spiro atoms. The summed E-state index contributed by atoms with van der Waals surface area (Å²) in [4.78, 5) is 12.0. The normalized spacial score (nSPS) is 16.9. The third-order valence-electron chi connectivity index (χ3n) is 3.95. The lowest BCUT2D eigenvalue weighted by molar-refractivity contribution is 0.0923. The average Bonchev–Trinajstić information content (AvgIpc) is 2.64. The van der Waals surface area contributed by atoms with Crippen molar-refractivity contribution in [2.75, 3.05) is 13.1 Å². The van der Waals surface area contributed by atoms with Crippen molar-refractivity contribution in [1.29, 1.82) is 0 Å². The van der Waals surface area contributed by atoms with E-state index in [2.05, 4.69) is 10.6 Å². The predicted octanol–water partition coefficient (Wildman–Crippen LogP) is 2.94. The monoisotopic (exact) mass is 278 g/mol. The summed E-state index contributed by atoms with van der Waals surface area (Å²) in [5.41, 5.74) is 0.900. The Balaban J connectivity index is 1.67. The van der Waals surface area contributed by atoms with Crippen LogP contribution in [0.2, 0.25) is 0 Å². The number of aryl methyl sites for hydroxylation is 2. The van der Waals surface area contributed by atoms with E-state index in [0.29, 0.717) is 18.3 Å². The van der Waals surface area contributed by atoms with Crippen LogP contribution in [0.25, 0.3) is 0 Å². The molecule has 1 aromatic rings. The summed E-state index contributed by atoms with van der Waals surface area (Å²) < 4.78 is 5.41. The lowest BCUT2D eigenvalue weighted by Crippen LogP contribution is -2.36. The lowest BCUT2D eigenvalue weighted by Gasteiger charge is -2.16. The Hall–Kier alpha value is -1.29. The van der Waals surface area contributed by atoms with Crippen molar-refractivity contribution in [1.82, 2.24) is 10.6 Å². The molecule has 1 aromatic heterocycles. The quantitative estimate of drug-likeness (QED) is 0.643. The van der Waals surface area contributed by atoms with E-state index < -0.39 is 0 Å². The second-order valence-electron chi connectivity index (χ2n) is 5.77. The number of carbonyl (C=O) groups excluding carboxylic acids is 1. The van der Waals surface area contributed by atoms with Gasteiger partial charge < -0.3 is 15.1 Å². The van der Waals surface area contributed by atoms with Gasteiger partial charge in [0.25, 0.3) is 5.91 Å². The Morgan fingerprint density at radius 3 is 2.50 bits per heavy atom. The Kier molecular flexibility index (Phi) is 5.65. The molecule has 0 saturated heterocycles. The summed E-state index contributed by atoms with van der Waals surface area (Å²) in [5, 5.41) is 6.46. The Morgan fingerprint density at radius 1 is 1.20 bits per heavy atom. The smallest absolute Gasteiger partial charge is 0.287 e. The number of hydrogen-bond acceptors (Lipinski definition) is 3. The Labute approximate surface area is 121 Å². The maximum absolute atomic E-state index is 12.0. The summed E-state index contributed by atoms with van der Waals surface area (Å²) >= 11 is 0. The molecule has 2 N–H and O–H groups in total. The van der Waals surface area contributed by atoms with Gasteiger partial charge in [-0.15, -0.1) is 0 Å². The molecule has 2 rings (SSSR count). The van der Waals surface area contributed by atoms with E-state index in [0.717, 1.165) is 17.9 Å². The van der Waals surface area contributed by atoms with Crippen LogP contribution in [-0.2, 0) is 0 Å². The van der Waals surface area contributed by atoms with Crippen molar-refractivity contribution < 1.29 is 9.21 Å². The van der Waals surface area contributed by atoms with Crippen LogP contribution < -0.4 is 10.6 Å². The molecule has 0 aliphatic heterocycles. The van der Waals surface area contributed by atoms with Crippen molar-refractivity contribution >= 4 is 5.91 Å². The topological polar surface area (TPSA) is 54.3 Å². The second-order valence-corrected chi connectivity index (χ2v) is 5.77. The van der Waals surface area contributed by atoms with Gasteiger partial charge in [0.15, 0.2) is 5.76 Å². The van der Waals surface area contributed by atoms with Crippen molar-refractivity contribution in [2.24, 2.45) is 0 Å². The highest BCUT2D eigenvalue weighted by molar-refractivity contribution is 5.92. The minimum Gasteiger partial charge on any atom is -0.456 e. The first-order chi connectivity index (χ1) is 9.66. The molecule has 0 bridgehead atoms. The third kappa shape index (κ3) is 4.37. The summed E-state index contributed by atoms with van der Waals surface area (Å²) in [6, 6.07) is 2.51. The molecule has 0 atom stereocenters. The molecular formula is C16H26N2O2. The van der Waals surface area contributed by atoms with Crippen molar-refractivity contribution in [2.45, 2.75) is 58.4 Å². The van der Waals surface area contributed by atoms with Crippen molar-refractivity contribution in [3.8, 4) is 0 Å². The molecule has 1 fully saturated rings. The molecule has 0 aromatic carbocycles. The van der Waals surface area contributed by atoms with Crippen LogP contribution in [0.15, 0.2) is 10.5 Å². The number of furan rings is 1. The molecule has 1 aliphatic carbocycles. The van der Waals surface area contributed by atoms with E-state index in [1.54, 1.807) is 0 Å². The summed E-state index contributed by atoms with van der Waals surface area (Å²) in [6.07, 6.45) is 7.93. The minimum atomic E-state index is -0.113. The highest BCUT2D eigenvalue weighted by atomic mass is 16.3. The number of amides is 1. The molecule has 1 saturated carbocycles. The first-order valence-electron chi connectivity index (χ1n) is 7.75. The van der Waals surface area contributed by atoms with Crippen LogP contribution in [0.5, 0.6) is 0 Å².